The van der Waals surface area contributed by atoms with E-state index < -0.39 is 0 Å². The first-order valence-corrected chi connectivity index (χ1v) is 7.43. The number of Topliss-reactive ketones (excluding diaryl/α,β-unsaturated/α-hetero) is 1. The lowest BCUT2D eigenvalue weighted by atomic mass is 10.1. The molecule has 0 radical (unpaired) electrons. The van der Waals surface area contributed by atoms with Crippen LogP contribution >= 0.6 is 35.0 Å². The zero-order valence-electron chi connectivity index (χ0n) is 10.0. The molecule has 0 amide bonds. The number of hydrogen-bond acceptors (Lipinski definition) is 2. The van der Waals surface area contributed by atoms with Crippen LogP contribution in [0.1, 0.15) is 19.4 Å². The minimum Gasteiger partial charge on any atom is -0.298 e. The first kappa shape index (κ1) is 14.9. The zero-order chi connectivity index (χ0) is 12.8. The van der Waals surface area contributed by atoms with Crippen LogP contribution in [-0.2, 0) is 11.2 Å². The van der Waals surface area contributed by atoms with Gasteiger partial charge in [0.05, 0.1) is 5.75 Å². The smallest absolute Gasteiger partial charge is 0.147 e. The summed E-state index contributed by atoms with van der Waals surface area (Å²) in [7, 11) is 0. The molecule has 0 heterocycles. The van der Waals surface area contributed by atoms with Crippen LogP contribution in [0.3, 0.4) is 0 Å². The molecule has 0 aliphatic carbocycles. The molecule has 0 aliphatic rings. The van der Waals surface area contributed by atoms with E-state index in [-0.39, 0.29) is 5.78 Å². The Labute approximate surface area is 117 Å². The molecule has 0 N–H and O–H groups in total. The molecule has 1 nitrogen and oxygen atoms in total. The van der Waals surface area contributed by atoms with E-state index >= 15 is 0 Å². The van der Waals surface area contributed by atoms with Crippen molar-refractivity contribution in [3.63, 3.8) is 0 Å². The summed E-state index contributed by atoms with van der Waals surface area (Å²) in [6.45, 7) is 4.29. The molecule has 1 aromatic rings. The second-order valence-electron chi connectivity index (χ2n) is 4.36. The Morgan fingerprint density at radius 2 is 2.06 bits per heavy atom. The van der Waals surface area contributed by atoms with Crippen molar-refractivity contribution in [3.05, 3.63) is 33.8 Å². The van der Waals surface area contributed by atoms with E-state index in [9.17, 15) is 4.79 Å². The van der Waals surface area contributed by atoms with Crippen LogP contribution < -0.4 is 0 Å². The van der Waals surface area contributed by atoms with Gasteiger partial charge in [-0.1, -0.05) is 43.1 Å². The molecule has 1 aromatic carbocycles. The van der Waals surface area contributed by atoms with Crippen LogP contribution in [0.4, 0.5) is 0 Å². The fraction of sp³-hybridized carbons (Fsp3) is 0.462. The van der Waals surface area contributed by atoms with E-state index in [1.165, 1.54) is 0 Å². The Balaban J connectivity index is 2.45. The van der Waals surface area contributed by atoms with Crippen LogP contribution in [0.5, 0.6) is 0 Å². The fourth-order valence-electron chi connectivity index (χ4n) is 1.34. The lowest BCUT2D eigenvalue weighted by molar-refractivity contribution is -0.116. The van der Waals surface area contributed by atoms with Crippen molar-refractivity contribution >= 4 is 40.7 Å². The summed E-state index contributed by atoms with van der Waals surface area (Å²) in [6.07, 6.45) is 0.390. The first-order valence-electron chi connectivity index (χ1n) is 5.52. The van der Waals surface area contributed by atoms with Crippen LogP contribution in [0, 0.1) is 5.92 Å². The van der Waals surface area contributed by atoms with Crippen molar-refractivity contribution in [2.24, 2.45) is 5.92 Å². The van der Waals surface area contributed by atoms with Crippen molar-refractivity contribution in [2.45, 2.75) is 20.3 Å². The van der Waals surface area contributed by atoms with Crippen molar-refractivity contribution in [1.29, 1.82) is 0 Å². The molecule has 1 rings (SSSR count). The third-order valence-electron chi connectivity index (χ3n) is 2.12. The molecule has 0 unspecified atom stereocenters. The van der Waals surface area contributed by atoms with Gasteiger partial charge in [-0.3, -0.25) is 4.79 Å². The third kappa shape index (κ3) is 5.80. The van der Waals surface area contributed by atoms with Gasteiger partial charge in [-0.05, 0) is 29.4 Å². The van der Waals surface area contributed by atoms with Gasteiger partial charge in [0.2, 0.25) is 0 Å². The van der Waals surface area contributed by atoms with Gasteiger partial charge < -0.3 is 0 Å². The summed E-state index contributed by atoms with van der Waals surface area (Å²) in [5.74, 6) is 2.39. The second-order valence-corrected chi connectivity index (χ2v) is 6.23. The average Bonchev–Trinajstić information content (AvgIpc) is 2.21. The van der Waals surface area contributed by atoms with Crippen molar-refractivity contribution < 1.29 is 4.79 Å². The zero-order valence-corrected chi connectivity index (χ0v) is 12.3. The van der Waals surface area contributed by atoms with Gasteiger partial charge in [0.25, 0.3) is 0 Å². The Hall–Kier alpha value is -0.180. The molecule has 0 atom stereocenters. The molecule has 0 aromatic heterocycles. The van der Waals surface area contributed by atoms with Crippen LogP contribution in [-0.4, -0.2) is 17.3 Å². The van der Waals surface area contributed by atoms with Gasteiger partial charge in [0, 0.05) is 16.5 Å². The van der Waals surface area contributed by atoms with Crippen molar-refractivity contribution in [1.82, 2.24) is 0 Å². The molecule has 0 bridgehead atoms. The Kier molecular flexibility index (Phi) is 6.39. The minimum absolute atomic E-state index is 0.208. The molecular formula is C13H16Cl2OS. The maximum Gasteiger partial charge on any atom is 0.147 e. The summed E-state index contributed by atoms with van der Waals surface area (Å²) in [4.78, 5) is 11.7. The molecule has 0 saturated heterocycles. The van der Waals surface area contributed by atoms with E-state index in [0.717, 1.165) is 11.3 Å². The summed E-state index contributed by atoms with van der Waals surface area (Å²) >= 11 is 13.5. The number of ketones is 1. The van der Waals surface area contributed by atoms with E-state index in [1.807, 2.05) is 6.07 Å². The molecular weight excluding hydrogens is 275 g/mol. The minimum atomic E-state index is 0.208. The van der Waals surface area contributed by atoms with Gasteiger partial charge in [-0.15, -0.1) is 0 Å². The number of benzene rings is 1. The highest BCUT2D eigenvalue weighted by Crippen LogP contribution is 2.22. The predicted molar refractivity (Wildman–Crippen MR) is 77.3 cm³/mol. The topological polar surface area (TPSA) is 17.1 Å². The average molecular weight is 291 g/mol. The monoisotopic (exact) mass is 290 g/mol. The van der Waals surface area contributed by atoms with Crippen LogP contribution in [0.15, 0.2) is 18.2 Å². The van der Waals surface area contributed by atoms with Gasteiger partial charge in [-0.25, -0.2) is 0 Å². The van der Waals surface area contributed by atoms with E-state index in [1.54, 1.807) is 23.9 Å². The highest BCUT2D eigenvalue weighted by atomic mass is 35.5. The largest absolute Gasteiger partial charge is 0.298 e. The summed E-state index contributed by atoms with van der Waals surface area (Å²) in [5, 5.41) is 1.17. The maximum atomic E-state index is 11.7. The number of carbonyl (C=O) groups excluding carboxylic acids is 1. The van der Waals surface area contributed by atoms with E-state index in [0.29, 0.717) is 28.1 Å². The lowest BCUT2D eigenvalue weighted by Crippen LogP contribution is -2.07. The first-order chi connectivity index (χ1) is 7.99. The Bertz CT molecular complexity index is 391. The summed E-state index contributed by atoms with van der Waals surface area (Å²) in [6, 6.07) is 5.25. The van der Waals surface area contributed by atoms with E-state index in [4.69, 9.17) is 23.2 Å². The number of thioether (sulfide) groups is 1. The van der Waals surface area contributed by atoms with Crippen LogP contribution in [0.25, 0.3) is 0 Å². The molecule has 94 valence electrons. The SMILES string of the molecule is CC(C)CSCC(=O)Cc1ccc(Cl)cc1Cl. The highest BCUT2D eigenvalue weighted by molar-refractivity contribution is 7.99. The van der Waals surface area contributed by atoms with Gasteiger partial charge in [-0.2, -0.15) is 11.8 Å². The van der Waals surface area contributed by atoms with Crippen LogP contribution in [0.2, 0.25) is 10.0 Å². The molecule has 4 heteroatoms. The summed E-state index contributed by atoms with van der Waals surface area (Å²) < 4.78 is 0. The fourth-order valence-corrected chi connectivity index (χ4v) is 2.73. The lowest BCUT2D eigenvalue weighted by Gasteiger charge is -2.05. The Morgan fingerprint density at radius 3 is 2.65 bits per heavy atom. The molecule has 0 aliphatic heterocycles. The summed E-state index contributed by atoms with van der Waals surface area (Å²) in [5.41, 5.74) is 0.853. The van der Waals surface area contributed by atoms with Gasteiger partial charge >= 0.3 is 0 Å². The molecule has 0 saturated carbocycles. The number of hydrogen-bond donors (Lipinski definition) is 0. The standard InChI is InChI=1S/C13H16Cl2OS/c1-9(2)7-17-8-12(16)5-10-3-4-11(14)6-13(10)15/h3-4,6,9H,5,7-8H2,1-2H3. The quantitative estimate of drug-likeness (QED) is 0.768. The maximum absolute atomic E-state index is 11.7. The number of rotatable bonds is 6. The molecule has 0 fully saturated rings. The van der Waals surface area contributed by atoms with Crippen molar-refractivity contribution in [3.8, 4) is 0 Å². The Morgan fingerprint density at radius 1 is 1.35 bits per heavy atom. The van der Waals surface area contributed by atoms with Gasteiger partial charge in [0.15, 0.2) is 0 Å². The molecule has 17 heavy (non-hydrogen) atoms. The second kappa shape index (κ2) is 7.30. The van der Waals surface area contributed by atoms with Gasteiger partial charge in [0.1, 0.15) is 5.78 Å². The van der Waals surface area contributed by atoms with E-state index in [2.05, 4.69) is 13.8 Å². The normalized spacial score (nSPS) is 10.9. The predicted octanol–water partition coefficient (Wildman–Crippen LogP) is 4.49. The highest BCUT2D eigenvalue weighted by Gasteiger charge is 2.08. The van der Waals surface area contributed by atoms with Crippen molar-refractivity contribution in [2.75, 3.05) is 11.5 Å². The number of carbonyl (C=O) groups is 1. The number of halogens is 2. The third-order valence-corrected chi connectivity index (χ3v) is 4.13. The molecule has 0 spiro atoms.